The lowest BCUT2D eigenvalue weighted by molar-refractivity contribution is -0.143. The Hall–Kier alpha value is -2.25. The van der Waals surface area contributed by atoms with Crippen molar-refractivity contribution in [2.45, 2.75) is 142 Å². The highest BCUT2D eigenvalue weighted by molar-refractivity contribution is 6.74. The first-order valence-corrected chi connectivity index (χ1v) is 18.8. The zero-order chi connectivity index (χ0) is 30.5. The number of allylic oxidation sites excluding steroid dienone is 1. The summed E-state index contributed by atoms with van der Waals surface area (Å²) >= 11 is 0. The van der Waals surface area contributed by atoms with E-state index in [2.05, 4.69) is 46.9 Å². The number of unbranched alkanes of at least 4 members (excludes halogenated alkanes) is 11. The zero-order valence-electron chi connectivity index (χ0n) is 26.8. The van der Waals surface area contributed by atoms with Crippen molar-refractivity contribution >= 4 is 26.1 Å². The Morgan fingerprint density at radius 3 is 1.83 bits per heavy atom. The minimum atomic E-state index is -2.31. The van der Waals surface area contributed by atoms with Crippen LogP contribution in [0.25, 0.3) is 0 Å². The molecule has 1 aliphatic rings. The summed E-state index contributed by atoms with van der Waals surface area (Å²) in [5.41, 5.74) is 0.752. The number of nitrogens with zero attached hydrogens (tertiary/aromatic N) is 1. The summed E-state index contributed by atoms with van der Waals surface area (Å²) in [4.78, 5) is 40.0. The Morgan fingerprint density at radius 2 is 1.37 bits per heavy atom. The van der Waals surface area contributed by atoms with Crippen LogP contribution in [-0.4, -0.2) is 49.8 Å². The summed E-state index contributed by atoms with van der Waals surface area (Å²) in [6.45, 7) is 14.3. The van der Waals surface area contributed by atoms with Crippen molar-refractivity contribution < 1.29 is 23.5 Å². The van der Waals surface area contributed by atoms with E-state index in [0.29, 0.717) is 11.1 Å². The molecule has 1 heterocycles. The molecule has 2 atom stereocenters. The first-order valence-electron chi connectivity index (χ1n) is 15.9. The fourth-order valence-corrected chi connectivity index (χ4v) is 6.22. The van der Waals surface area contributed by atoms with Crippen molar-refractivity contribution in [2.75, 3.05) is 6.61 Å². The van der Waals surface area contributed by atoms with E-state index in [1.165, 1.54) is 76.0 Å². The number of fused-ring (bicyclic) bond motifs is 1. The molecule has 0 unspecified atom stereocenters. The van der Waals surface area contributed by atoms with Gasteiger partial charge in [-0.05, 0) is 43.1 Å². The maximum atomic E-state index is 13.4. The van der Waals surface area contributed by atoms with Gasteiger partial charge in [0.25, 0.3) is 11.8 Å². The molecule has 2 rings (SSSR count). The quantitative estimate of drug-likeness (QED) is 0.0533. The van der Waals surface area contributed by atoms with E-state index in [4.69, 9.17) is 9.16 Å². The maximum Gasteiger partial charge on any atom is 0.302 e. The van der Waals surface area contributed by atoms with Crippen LogP contribution >= 0.6 is 0 Å². The topological polar surface area (TPSA) is 72.9 Å². The number of imide groups is 1. The monoisotopic (exact) mass is 585 g/mol. The SMILES string of the molecule is CCCCCCCCCCCCC/C=C/[C@@H](O[Si](C)(C)C(C)(C)C)[C@H](COC(C)=O)N1C(=O)c2ccccc2C1=O. The van der Waals surface area contributed by atoms with Crippen LogP contribution in [0, 0.1) is 0 Å². The van der Waals surface area contributed by atoms with E-state index in [1.54, 1.807) is 24.3 Å². The first kappa shape index (κ1) is 34.9. The van der Waals surface area contributed by atoms with E-state index in [9.17, 15) is 14.4 Å². The molecule has 1 aromatic rings. The van der Waals surface area contributed by atoms with Crippen molar-refractivity contribution in [1.29, 1.82) is 0 Å². The zero-order valence-corrected chi connectivity index (χ0v) is 27.8. The molecule has 41 heavy (non-hydrogen) atoms. The second-order valence-corrected chi connectivity index (χ2v) is 17.7. The molecule has 0 saturated carbocycles. The van der Waals surface area contributed by atoms with Gasteiger partial charge in [-0.15, -0.1) is 0 Å². The van der Waals surface area contributed by atoms with E-state index >= 15 is 0 Å². The molecule has 0 bridgehead atoms. The molecule has 0 radical (unpaired) electrons. The first-order chi connectivity index (χ1) is 19.4. The summed E-state index contributed by atoms with van der Waals surface area (Å²) < 4.78 is 12.3. The Labute approximate surface area is 250 Å². The fourth-order valence-electron chi connectivity index (χ4n) is 4.95. The number of carbonyl (C=O) groups excluding carboxylic acids is 3. The molecule has 7 heteroatoms. The van der Waals surface area contributed by atoms with Crippen LogP contribution in [0.15, 0.2) is 36.4 Å². The molecule has 1 aromatic carbocycles. The number of esters is 1. The third kappa shape index (κ3) is 10.8. The van der Waals surface area contributed by atoms with Crippen LogP contribution in [0.1, 0.15) is 132 Å². The lowest BCUT2D eigenvalue weighted by atomic mass is 10.0. The smallest absolute Gasteiger partial charge is 0.302 e. The van der Waals surface area contributed by atoms with Gasteiger partial charge in [0.15, 0.2) is 8.32 Å². The van der Waals surface area contributed by atoms with Gasteiger partial charge in [-0.1, -0.05) is 116 Å². The van der Waals surface area contributed by atoms with Gasteiger partial charge in [0, 0.05) is 6.92 Å². The predicted molar refractivity (Wildman–Crippen MR) is 170 cm³/mol. The van der Waals surface area contributed by atoms with E-state index in [-0.39, 0.29) is 23.5 Å². The number of carbonyl (C=O) groups is 3. The second-order valence-electron chi connectivity index (χ2n) is 13.0. The lowest BCUT2D eigenvalue weighted by Crippen LogP contribution is -2.54. The second kappa shape index (κ2) is 17.0. The number of benzene rings is 1. The Balaban J connectivity index is 2.09. The van der Waals surface area contributed by atoms with Crippen LogP contribution in [-0.2, 0) is 14.0 Å². The number of ether oxygens (including phenoxy) is 1. The number of hydrogen-bond acceptors (Lipinski definition) is 5. The molecule has 2 amide bonds. The number of hydrogen-bond donors (Lipinski definition) is 0. The van der Waals surface area contributed by atoms with Crippen LogP contribution in [0.3, 0.4) is 0 Å². The molecule has 1 aliphatic heterocycles. The average Bonchev–Trinajstić information content (AvgIpc) is 3.15. The van der Waals surface area contributed by atoms with Crippen LogP contribution < -0.4 is 0 Å². The minimum Gasteiger partial charge on any atom is -0.464 e. The van der Waals surface area contributed by atoms with Gasteiger partial charge in [0.2, 0.25) is 0 Å². The highest BCUT2D eigenvalue weighted by atomic mass is 28.4. The van der Waals surface area contributed by atoms with Crippen LogP contribution in [0.5, 0.6) is 0 Å². The molecule has 230 valence electrons. The third-order valence-electron chi connectivity index (χ3n) is 8.53. The fraction of sp³-hybridized carbons (Fsp3) is 0.676. The molecule has 6 nitrogen and oxygen atoms in total. The Kier molecular flexibility index (Phi) is 14.5. The summed E-state index contributed by atoms with van der Waals surface area (Å²) in [7, 11) is -2.31. The minimum absolute atomic E-state index is 0.0803. The van der Waals surface area contributed by atoms with Gasteiger partial charge in [-0.25, -0.2) is 0 Å². The predicted octanol–water partition coefficient (Wildman–Crippen LogP) is 8.86. The van der Waals surface area contributed by atoms with Gasteiger partial charge in [-0.3, -0.25) is 19.3 Å². The summed E-state index contributed by atoms with van der Waals surface area (Å²) in [6, 6.07) is 6.10. The molecule has 0 spiro atoms. The van der Waals surface area contributed by atoms with E-state index in [0.717, 1.165) is 12.8 Å². The van der Waals surface area contributed by atoms with Crippen molar-refractivity contribution in [1.82, 2.24) is 4.90 Å². The summed E-state index contributed by atoms with van der Waals surface area (Å²) in [6.07, 6.45) is 18.7. The van der Waals surface area contributed by atoms with Crippen molar-refractivity contribution in [3.05, 3.63) is 47.5 Å². The van der Waals surface area contributed by atoms with Gasteiger partial charge in [-0.2, -0.15) is 0 Å². The van der Waals surface area contributed by atoms with Crippen molar-refractivity contribution in [2.24, 2.45) is 0 Å². The Bertz CT molecular complexity index is 978. The van der Waals surface area contributed by atoms with Crippen molar-refractivity contribution in [3.63, 3.8) is 0 Å². The van der Waals surface area contributed by atoms with Gasteiger partial charge >= 0.3 is 5.97 Å². The van der Waals surface area contributed by atoms with Gasteiger partial charge < -0.3 is 9.16 Å². The highest BCUT2D eigenvalue weighted by Crippen LogP contribution is 2.39. The Morgan fingerprint density at radius 1 is 0.878 bits per heavy atom. The molecule has 0 saturated heterocycles. The van der Waals surface area contributed by atoms with Gasteiger partial charge in [0.05, 0.1) is 17.2 Å². The lowest BCUT2D eigenvalue weighted by Gasteiger charge is -2.42. The molecular formula is C34H55NO5Si. The molecular weight excluding hydrogens is 530 g/mol. The van der Waals surface area contributed by atoms with Crippen LogP contribution in [0.4, 0.5) is 0 Å². The largest absolute Gasteiger partial charge is 0.464 e. The number of amides is 2. The third-order valence-corrected chi connectivity index (χ3v) is 13.0. The van der Waals surface area contributed by atoms with E-state index in [1.807, 2.05) is 6.08 Å². The molecule has 0 aromatic heterocycles. The maximum absolute atomic E-state index is 13.4. The summed E-state index contributed by atoms with van der Waals surface area (Å²) in [5, 5.41) is -0.0803. The standard InChI is InChI=1S/C34H55NO5Si/c1-8-9-10-11-12-13-14-15-16-17-18-19-20-25-31(40-41(6,7)34(3,4)5)30(26-39-27(2)36)35-32(37)28-23-21-22-24-29(28)33(35)38/h20-25,30-31H,8-19,26H2,1-7H3/b25-20+/t30-,31+/m0/s1. The molecule has 0 N–H and O–H groups in total. The molecule has 0 fully saturated rings. The molecule has 0 aliphatic carbocycles. The average molecular weight is 586 g/mol. The van der Waals surface area contributed by atoms with E-state index < -0.39 is 26.4 Å². The number of rotatable bonds is 19. The highest BCUT2D eigenvalue weighted by Gasteiger charge is 2.46. The van der Waals surface area contributed by atoms with Gasteiger partial charge in [0.1, 0.15) is 12.6 Å². The van der Waals surface area contributed by atoms with Crippen molar-refractivity contribution in [3.8, 4) is 0 Å². The van der Waals surface area contributed by atoms with Crippen LogP contribution in [0.2, 0.25) is 18.1 Å². The summed E-state index contributed by atoms with van der Waals surface area (Å²) in [5.74, 6) is -1.20. The normalized spacial score (nSPS) is 15.4.